The molecule has 0 unspecified atom stereocenters. The summed E-state index contributed by atoms with van der Waals surface area (Å²) < 4.78 is 5.78. The average Bonchev–Trinajstić information content (AvgIpc) is 2.39. The van der Waals surface area contributed by atoms with Crippen LogP contribution in [0.25, 0.3) is 10.8 Å². The molecule has 0 N–H and O–H groups in total. The number of hydrogen-bond acceptors (Lipinski definition) is 2. The topological polar surface area (TPSA) is 22.1 Å². The van der Waals surface area contributed by atoms with Crippen molar-refractivity contribution in [1.29, 1.82) is 0 Å². The fourth-order valence-corrected chi connectivity index (χ4v) is 2.00. The molecule has 0 aliphatic heterocycles. The number of ether oxygens (including phenoxy) is 1. The van der Waals surface area contributed by atoms with E-state index in [9.17, 15) is 0 Å². The van der Waals surface area contributed by atoms with E-state index >= 15 is 0 Å². The first kappa shape index (κ1) is 11.1. The largest absolute Gasteiger partial charge is 0.438 e. The van der Waals surface area contributed by atoms with Crippen LogP contribution >= 0.6 is 11.6 Å². The molecule has 0 aliphatic rings. The van der Waals surface area contributed by atoms with Crippen molar-refractivity contribution in [3.05, 3.63) is 65.8 Å². The Bertz CT molecular complexity index is 691. The summed E-state index contributed by atoms with van der Waals surface area (Å²) in [6.07, 6.45) is 0. The van der Waals surface area contributed by atoms with Gasteiger partial charge in [-0.2, -0.15) is 0 Å². The van der Waals surface area contributed by atoms with Gasteiger partial charge in [0, 0.05) is 11.5 Å². The maximum Gasteiger partial charge on any atom is 0.220 e. The third-order valence-electron chi connectivity index (χ3n) is 2.65. The fourth-order valence-electron chi connectivity index (χ4n) is 1.84. The lowest BCUT2D eigenvalue weighted by Gasteiger charge is -2.07. The Morgan fingerprint density at radius 2 is 1.61 bits per heavy atom. The molecule has 0 bridgehead atoms. The van der Waals surface area contributed by atoms with Crippen LogP contribution in [0.2, 0.25) is 5.15 Å². The van der Waals surface area contributed by atoms with Gasteiger partial charge in [-0.05, 0) is 17.5 Å². The van der Waals surface area contributed by atoms with Crippen LogP contribution in [0.15, 0.2) is 60.7 Å². The summed E-state index contributed by atoms with van der Waals surface area (Å²) in [4.78, 5) is 4.12. The van der Waals surface area contributed by atoms with Gasteiger partial charge in [-0.1, -0.05) is 54.1 Å². The van der Waals surface area contributed by atoms with E-state index < -0.39 is 0 Å². The molecule has 3 aromatic rings. The lowest BCUT2D eigenvalue weighted by Crippen LogP contribution is -1.88. The maximum atomic E-state index is 5.84. The highest BCUT2D eigenvalue weighted by atomic mass is 35.5. The molecule has 0 atom stereocenters. The van der Waals surface area contributed by atoms with Gasteiger partial charge < -0.3 is 4.74 Å². The number of pyridine rings is 1. The number of aromatic nitrogens is 1. The number of rotatable bonds is 2. The normalized spacial score (nSPS) is 10.5. The van der Waals surface area contributed by atoms with E-state index in [-0.39, 0.29) is 0 Å². The first-order valence-electron chi connectivity index (χ1n) is 5.61. The summed E-state index contributed by atoms with van der Waals surface area (Å²) in [5.41, 5.74) is 0. The Morgan fingerprint density at radius 3 is 2.50 bits per heavy atom. The van der Waals surface area contributed by atoms with Gasteiger partial charge in [-0.3, -0.25) is 0 Å². The first-order chi connectivity index (χ1) is 8.83. The van der Waals surface area contributed by atoms with Crippen molar-refractivity contribution >= 4 is 22.4 Å². The Kier molecular flexibility index (Phi) is 2.87. The minimum absolute atomic E-state index is 0.424. The Morgan fingerprint density at radius 1 is 0.833 bits per heavy atom. The Labute approximate surface area is 110 Å². The zero-order valence-corrected chi connectivity index (χ0v) is 10.3. The van der Waals surface area contributed by atoms with Crippen molar-refractivity contribution < 1.29 is 4.74 Å². The number of nitrogens with zero attached hydrogens (tertiary/aromatic N) is 1. The summed E-state index contributed by atoms with van der Waals surface area (Å²) in [7, 11) is 0. The van der Waals surface area contributed by atoms with Crippen LogP contribution in [0.5, 0.6) is 11.6 Å². The van der Waals surface area contributed by atoms with Gasteiger partial charge >= 0.3 is 0 Å². The molecule has 3 heteroatoms. The number of hydrogen-bond donors (Lipinski definition) is 0. The predicted octanol–water partition coefficient (Wildman–Crippen LogP) is 4.68. The predicted molar refractivity (Wildman–Crippen MR) is 73.3 cm³/mol. The molecule has 2 nitrogen and oxygen atoms in total. The van der Waals surface area contributed by atoms with Gasteiger partial charge in [0.15, 0.2) is 0 Å². The van der Waals surface area contributed by atoms with Crippen molar-refractivity contribution in [2.45, 2.75) is 0 Å². The van der Waals surface area contributed by atoms with Crippen LogP contribution in [0.1, 0.15) is 0 Å². The second kappa shape index (κ2) is 4.67. The maximum absolute atomic E-state index is 5.84. The van der Waals surface area contributed by atoms with Gasteiger partial charge in [-0.25, -0.2) is 4.98 Å². The van der Waals surface area contributed by atoms with Crippen LogP contribution in [-0.4, -0.2) is 4.98 Å². The van der Waals surface area contributed by atoms with Gasteiger partial charge in [-0.15, -0.1) is 0 Å². The van der Waals surface area contributed by atoms with Crippen LogP contribution in [0.3, 0.4) is 0 Å². The molecular weight excluding hydrogens is 246 g/mol. The minimum atomic E-state index is 0.424. The van der Waals surface area contributed by atoms with Gasteiger partial charge in [0.05, 0.1) is 0 Å². The zero-order chi connectivity index (χ0) is 12.4. The summed E-state index contributed by atoms with van der Waals surface area (Å²) in [6, 6.07) is 19.3. The molecule has 0 spiro atoms. The van der Waals surface area contributed by atoms with Crippen molar-refractivity contribution in [3.63, 3.8) is 0 Å². The Balaban J connectivity index is 2.05. The van der Waals surface area contributed by atoms with Crippen molar-refractivity contribution in [2.24, 2.45) is 0 Å². The fraction of sp³-hybridized carbons (Fsp3) is 0. The minimum Gasteiger partial charge on any atom is -0.438 e. The zero-order valence-electron chi connectivity index (χ0n) is 9.51. The van der Waals surface area contributed by atoms with E-state index in [2.05, 4.69) is 4.98 Å². The molecule has 0 fully saturated rings. The lowest BCUT2D eigenvalue weighted by molar-refractivity contribution is 0.468. The number of halogens is 1. The molecule has 0 aliphatic carbocycles. The molecule has 1 heterocycles. The number of fused-ring (bicyclic) bond motifs is 1. The van der Waals surface area contributed by atoms with Crippen molar-refractivity contribution in [3.8, 4) is 11.6 Å². The summed E-state index contributed by atoms with van der Waals surface area (Å²) >= 11 is 5.84. The highest BCUT2D eigenvalue weighted by Gasteiger charge is 2.03. The molecule has 2 aromatic carbocycles. The SMILES string of the molecule is Clc1cccc(Oc2cccc3ccccc23)n1. The monoisotopic (exact) mass is 255 g/mol. The van der Waals surface area contributed by atoms with E-state index in [1.54, 1.807) is 12.1 Å². The van der Waals surface area contributed by atoms with E-state index in [0.717, 1.165) is 16.5 Å². The summed E-state index contributed by atoms with van der Waals surface area (Å²) in [5, 5.41) is 2.62. The molecule has 3 rings (SSSR count). The van der Waals surface area contributed by atoms with Crippen LogP contribution in [-0.2, 0) is 0 Å². The molecule has 0 radical (unpaired) electrons. The molecule has 0 amide bonds. The van der Waals surface area contributed by atoms with Gasteiger partial charge in [0.25, 0.3) is 0 Å². The highest BCUT2D eigenvalue weighted by molar-refractivity contribution is 6.29. The molecule has 88 valence electrons. The molecule has 1 aromatic heterocycles. The molecule has 18 heavy (non-hydrogen) atoms. The van der Waals surface area contributed by atoms with E-state index in [4.69, 9.17) is 16.3 Å². The average molecular weight is 256 g/mol. The van der Waals surface area contributed by atoms with Crippen LogP contribution in [0, 0.1) is 0 Å². The molecule has 0 saturated carbocycles. The first-order valence-corrected chi connectivity index (χ1v) is 5.99. The second-order valence-electron chi connectivity index (χ2n) is 3.88. The van der Waals surface area contributed by atoms with E-state index in [0.29, 0.717) is 11.0 Å². The van der Waals surface area contributed by atoms with Crippen LogP contribution in [0.4, 0.5) is 0 Å². The van der Waals surface area contributed by atoms with Crippen molar-refractivity contribution in [1.82, 2.24) is 4.98 Å². The third-order valence-corrected chi connectivity index (χ3v) is 2.86. The van der Waals surface area contributed by atoms with E-state index in [1.165, 1.54) is 0 Å². The van der Waals surface area contributed by atoms with Crippen LogP contribution < -0.4 is 4.74 Å². The highest BCUT2D eigenvalue weighted by Crippen LogP contribution is 2.29. The quantitative estimate of drug-likeness (QED) is 0.620. The lowest BCUT2D eigenvalue weighted by atomic mass is 10.1. The van der Waals surface area contributed by atoms with Gasteiger partial charge in [0.2, 0.25) is 5.88 Å². The van der Waals surface area contributed by atoms with Crippen molar-refractivity contribution in [2.75, 3.05) is 0 Å². The second-order valence-corrected chi connectivity index (χ2v) is 4.27. The van der Waals surface area contributed by atoms with E-state index in [1.807, 2.05) is 48.5 Å². The molecular formula is C15H10ClNO. The number of benzene rings is 2. The third kappa shape index (κ3) is 2.15. The Hall–Kier alpha value is -2.06. The smallest absolute Gasteiger partial charge is 0.220 e. The standard InChI is InChI=1S/C15H10ClNO/c16-14-9-4-10-15(17-14)18-13-8-3-6-11-5-1-2-7-12(11)13/h1-10H. The summed E-state index contributed by atoms with van der Waals surface area (Å²) in [5.74, 6) is 1.28. The van der Waals surface area contributed by atoms with Gasteiger partial charge in [0.1, 0.15) is 10.9 Å². The summed E-state index contributed by atoms with van der Waals surface area (Å²) in [6.45, 7) is 0. The molecule has 0 saturated heterocycles.